The van der Waals surface area contributed by atoms with Crippen molar-refractivity contribution in [3.05, 3.63) is 107 Å². The summed E-state index contributed by atoms with van der Waals surface area (Å²) in [4.78, 5) is 34.4. The first-order valence-electron chi connectivity index (χ1n) is 19.3. The molecule has 19 heteroatoms. The summed E-state index contributed by atoms with van der Waals surface area (Å²) in [6.45, 7) is 7.46. The van der Waals surface area contributed by atoms with Crippen LogP contribution in [0.2, 0.25) is 0 Å². The number of fused-ring (bicyclic) bond motifs is 3. The standard InChI is InChI=1S/C23H26N4O3.C19H20N6O2.CH4O3S.CH4/c1-14(30-5)13-27-21-18-9-15(16-8-17(11-24-10-16)23(2,3)29)6-7-19(18)25-12-20(21)26(4)22(27)28;1-26-15-4-2-5-16(27-7-3-6-20)19(15)13-8-17(23-10-13)25-18-12-22-14(9-21)11-24-18;1-5(2,3)4;/h6-12,14,29H,13H2,1-5H3;2,4-5,8,11-12H,3,6-7,10,20H2,1H3,(H,23,24,25);1H3,(H,2,3,4);1H4/t14-;;;/m0.../s1. The van der Waals surface area contributed by atoms with Crippen LogP contribution >= 0.6 is 0 Å². The largest absolute Gasteiger partial charge is 0.496 e. The Bertz CT molecular complexity index is 2800. The Balaban J connectivity index is 0.000000247. The van der Waals surface area contributed by atoms with Crippen molar-refractivity contribution in [2.75, 3.05) is 45.5 Å². The minimum atomic E-state index is -3.67. The van der Waals surface area contributed by atoms with Crippen LogP contribution in [0, 0.1) is 11.3 Å². The molecule has 4 aromatic heterocycles. The Hall–Kier alpha value is -6.56. The number of rotatable bonds is 12. The molecule has 18 nitrogen and oxygen atoms in total. The third-order valence-electron chi connectivity index (χ3n) is 9.48. The number of ether oxygens (including phenoxy) is 3. The second-order valence-corrected chi connectivity index (χ2v) is 16.2. The number of aliphatic hydroxyl groups is 1. The molecule has 0 bridgehead atoms. The van der Waals surface area contributed by atoms with Gasteiger partial charge in [0.15, 0.2) is 5.69 Å². The second kappa shape index (κ2) is 21.5. The molecule has 334 valence electrons. The van der Waals surface area contributed by atoms with Crippen molar-refractivity contribution < 1.29 is 32.3 Å². The normalized spacial score (nSPS) is 12.7. The summed E-state index contributed by atoms with van der Waals surface area (Å²) in [7, 11) is 1.36. The molecule has 0 radical (unpaired) electrons. The summed E-state index contributed by atoms with van der Waals surface area (Å²) in [5.41, 5.74) is 11.6. The van der Waals surface area contributed by atoms with Gasteiger partial charge in [-0.2, -0.15) is 13.7 Å². The lowest BCUT2D eigenvalue weighted by Crippen LogP contribution is -2.27. The molecule has 63 heavy (non-hydrogen) atoms. The van der Waals surface area contributed by atoms with Gasteiger partial charge < -0.3 is 30.4 Å². The lowest BCUT2D eigenvalue weighted by Gasteiger charge is -2.18. The van der Waals surface area contributed by atoms with Gasteiger partial charge in [0, 0.05) is 43.1 Å². The minimum Gasteiger partial charge on any atom is -0.496 e. The SMILES string of the molecule is C.CO[C@@H](C)Cn1c(=O)n(C)c2cnc3ccc(-c4cncc(C(C)(C)O)c4)cc3c21.COc1cccc(OCCCN)c1C1=CC(Nc2cnc(C#N)cn2)=NC1.CS(=O)(=O)O. The predicted molar refractivity (Wildman–Crippen MR) is 244 cm³/mol. The number of aliphatic imine (C=N–C) groups is 1. The van der Waals surface area contributed by atoms with Gasteiger partial charge in [-0.15, -0.1) is 0 Å². The molecule has 5 N–H and O–H groups in total. The number of nitrogens with zero attached hydrogens (tertiary/aromatic N) is 8. The van der Waals surface area contributed by atoms with Crippen LogP contribution in [0.4, 0.5) is 5.82 Å². The van der Waals surface area contributed by atoms with E-state index >= 15 is 0 Å². The van der Waals surface area contributed by atoms with Gasteiger partial charge in [0.1, 0.15) is 29.2 Å². The fraction of sp³-hybridized carbons (Fsp3) is 0.341. The number of amidine groups is 1. The summed E-state index contributed by atoms with van der Waals surface area (Å²) in [6, 6.07) is 15.5. The predicted octanol–water partition coefficient (Wildman–Crippen LogP) is 5.34. The molecule has 0 amide bonds. The van der Waals surface area contributed by atoms with Crippen LogP contribution in [0.5, 0.6) is 11.5 Å². The van der Waals surface area contributed by atoms with Crippen molar-refractivity contribution in [2.24, 2.45) is 17.8 Å². The molecule has 0 fully saturated rings. The maximum Gasteiger partial charge on any atom is 0.328 e. The molecule has 0 unspecified atom stereocenters. The van der Waals surface area contributed by atoms with E-state index in [-0.39, 0.29) is 24.9 Å². The molecule has 0 saturated heterocycles. The van der Waals surface area contributed by atoms with Crippen LogP contribution in [0.3, 0.4) is 0 Å². The number of nitrogens with one attached hydrogen (secondary N) is 1. The quantitative estimate of drug-likeness (QED) is 0.0893. The van der Waals surface area contributed by atoms with Crippen molar-refractivity contribution in [1.29, 1.82) is 5.26 Å². The van der Waals surface area contributed by atoms with Crippen LogP contribution in [0.25, 0.3) is 38.6 Å². The summed E-state index contributed by atoms with van der Waals surface area (Å²) in [5, 5.41) is 23.1. The van der Waals surface area contributed by atoms with Crippen LogP contribution in [0.1, 0.15) is 51.4 Å². The maximum atomic E-state index is 12.9. The Kier molecular flexibility index (Phi) is 16.7. The average molecular weight is 883 g/mol. The fourth-order valence-corrected chi connectivity index (χ4v) is 6.31. The van der Waals surface area contributed by atoms with Gasteiger partial charge in [-0.25, -0.2) is 14.8 Å². The van der Waals surface area contributed by atoms with Crippen molar-refractivity contribution in [3.8, 4) is 28.7 Å². The molecule has 1 aliphatic rings. The zero-order valence-electron chi connectivity index (χ0n) is 35.5. The average Bonchev–Trinajstić information content (AvgIpc) is 3.81. The highest BCUT2D eigenvalue weighted by molar-refractivity contribution is 7.85. The highest BCUT2D eigenvalue weighted by Crippen LogP contribution is 2.37. The smallest absolute Gasteiger partial charge is 0.328 e. The molecule has 0 spiro atoms. The molecule has 6 aromatic rings. The fourth-order valence-electron chi connectivity index (χ4n) is 6.31. The molecule has 5 heterocycles. The number of imidazole rings is 1. The third kappa shape index (κ3) is 12.7. The van der Waals surface area contributed by atoms with E-state index in [1.54, 1.807) is 62.8 Å². The van der Waals surface area contributed by atoms with E-state index in [1.807, 2.05) is 61.5 Å². The Labute approximate surface area is 366 Å². The molecule has 1 atom stereocenters. The minimum absolute atomic E-state index is 0. The van der Waals surface area contributed by atoms with E-state index in [1.165, 1.54) is 12.4 Å². The van der Waals surface area contributed by atoms with Gasteiger partial charge in [0.05, 0.1) is 85.5 Å². The lowest BCUT2D eigenvalue weighted by atomic mass is 9.96. The van der Waals surface area contributed by atoms with Gasteiger partial charge in [-0.3, -0.25) is 28.6 Å². The maximum absolute atomic E-state index is 12.9. The molecule has 7 rings (SSSR count). The van der Waals surface area contributed by atoms with E-state index in [0.29, 0.717) is 44.2 Å². The summed E-state index contributed by atoms with van der Waals surface area (Å²) < 4.78 is 46.0. The molecule has 1 aliphatic heterocycles. The number of benzene rings is 2. The van der Waals surface area contributed by atoms with E-state index in [2.05, 4.69) is 30.2 Å². The zero-order valence-corrected chi connectivity index (χ0v) is 36.3. The molecule has 0 aliphatic carbocycles. The number of nitrogens with two attached hydrogens (primary N) is 1. The number of aromatic nitrogens is 6. The highest BCUT2D eigenvalue weighted by Gasteiger charge is 2.21. The van der Waals surface area contributed by atoms with Gasteiger partial charge in [-0.1, -0.05) is 19.6 Å². The first-order chi connectivity index (χ1) is 29.4. The second-order valence-electron chi connectivity index (χ2n) is 14.7. The van der Waals surface area contributed by atoms with Crippen LogP contribution in [-0.2, 0) is 34.0 Å². The number of pyridine rings is 2. The van der Waals surface area contributed by atoms with E-state index < -0.39 is 15.7 Å². The van der Waals surface area contributed by atoms with Crippen LogP contribution in [-0.4, -0.2) is 99.3 Å². The van der Waals surface area contributed by atoms with Gasteiger partial charge in [0.2, 0.25) is 0 Å². The van der Waals surface area contributed by atoms with Gasteiger partial charge in [0.25, 0.3) is 10.1 Å². The number of nitriles is 1. The molecular formula is C44H54N10O8S. The van der Waals surface area contributed by atoms with E-state index in [9.17, 15) is 18.3 Å². The van der Waals surface area contributed by atoms with Crippen molar-refractivity contribution in [3.63, 3.8) is 0 Å². The van der Waals surface area contributed by atoms with Gasteiger partial charge >= 0.3 is 5.69 Å². The number of hydrogen-bond acceptors (Lipinski definition) is 15. The van der Waals surface area contributed by atoms with Crippen LogP contribution < -0.4 is 26.2 Å². The highest BCUT2D eigenvalue weighted by atomic mass is 32.2. The molecule has 2 aromatic carbocycles. The topological polar surface area (TPSA) is 255 Å². The first kappa shape index (κ1) is 49.1. The van der Waals surface area contributed by atoms with Crippen molar-refractivity contribution in [2.45, 2.75) is 52.9 Å². The Morgan fingerprint density at radius 1 is 1.03 bits per heavy atom. The molecule has 0 saturated carbocycles. The van der Waals surface area contributed by atoms with Crippen molar-refractivity contribution >= 4 is 49.3 Å². The summed E-state index contributed by atoms with van der Waals surface area (Å²) >= 11 is 0. The van der Waals surface area contributed by atoms with Crippen LogP contribution in [0.15, 0.2) is 89.3 Å². The van der Waals surface area contributed by atoms with Gasteiger partial charge in [-0.05, 0) is 81.3 Å². The van der Waals surface area contributed by atoms with E-state index in [4.69, 9.17) is 29.8 Å². The van der Waals surface area contributed by atoms with E-state index in [0.717, 1.165) is 67.7 Å². The summed E-state index contributed by atoms with van der Waals surface area (Å²) in [6.07, 6.45) is 11.4. The number of methoxy groups -OCH3 is 2. The summed E-state index contributed by atoms with van der Waals surface area (Å²) in [5.74, 6) is 2.64. The Morgan fingerprint density at radius 2 is 1.76 bits per heavy atom. The number of aryl methyl sites for hydroxylation is 1. The lowest BCUT2D eigenvalue weighted by molar-refractivity contribution is 0.0782. The third-order valence-corrected chi connectivity index (χ3v) is 9.48. The van der Waals surface area contributed by atoms with Crippen molar-refractivity contribution in [1.82, 2.24) is 29.1 Å². The zero-order chi connectivity index (χ0) is 45.2. The molecular weight excluding hydrogens is 829 g/mol. The first-order valence-corrected chi connectivity index (χ1v) is 21.2. The monoisotopic (exact) mass is 882 g/mol. The Morgan fingerprint density at radius 3 is 2.40 bits per heavy atom. The number of anilines is 1. The number of hydrogen-bond donors (Lipinski definition) is 4.